The number of nitrogens with zero attached hydrogens (tertiary/aromatic N) is 1. The summed E-state index contributed by atoms with van der Waals surface area (Å²) < 4.78 is 6.57. The number of hydrogen-bond acceptors (Lipinski definition) is 3. The van der Waals surface area contributed by atoms with Gasteiger partial charge in [-0.1, -0.05) is 59.6 Å². The van der Waals surface area contributed by atoms with Gasteiger partial charge in [0.1, 0.15) is 11.8 Å². The molecule has 0 heterocycles. The van der Waals surface area contributed by atoms with E-state index in [1.807, 2.05) is 42.5 Å². The van der Waals surface area contributed by atoms with Crippen LogP contribution in [0.15, 0.2) is 59.1 Å². The van der Waals surface area contributed by atoms with E-state index in [1.165, 1.54) is 0 Å². The lowest BCUT2D eigenvalue weighted by molar-refractivity contribution is -0.142. The molecule has 1 atom stereocenters. The Labute approximate surface area is 175 Å². The topological polar surface area (TPSA) is 58.6 Å². The average molecular weight is 447 g/mol. The SMILES string of the molecule is CCCCNC(=O)[C@H](C)N(Cc1ccc(Br)cc1)C(=O)COc1ccccc1. The lowest BCUT2D eigenvalue weighted by Gasteiger charge is -2.28. The fourth-order valence-electron chi connectivity index (χ4n) is 2.65. The first-order chi connectivity index (χ1) is 13.5. The first-order valence-corrected chi connectivity index (χ1v) is 10.3. The first-order valence-electron chi connectivity index (χ1n) is 9.50. The number of para-hydroxylation sites is 1. The zero-order chi connectivity index (χ0) is 20.4. The van der Waals surface area contributed by atoms with Crippen LogP contribution >= 0.6 is 15.9 Å². The molecule has 2 amide bonds. The number of amides is 2. The fourth-order valence-corrected chi connectivity index (χ4v) is 2.91. The van der Waals surface area contributed by atoms with Crippen LogP contribution in [-0.2, 0) is 16.1 Å². The Bertz CT molecular complexity index is 750. The van der Waals surface area contributed by atoms with Gasteiger partial charge in [0.05, 0.1) is 0 Å². The van der Waals surface area contributed by atoms with E-state index in [2.05, 4.69) is 28.2 Å². The second kappa shape index (κ2) is 11.5. The Morgan fingerprint density at radius 3 is 2.43 bits per heavy atom. The number of hydrogen-bond donors (Lipinski definition) is 1. The Kier molecular flexibility index (Phi) is 9.01. The van der Waals surface area contributed by atoms with E-state index in [9.17, 15) is 9.59 Å². The minimum Gasteiger partial charge on any atom is -0.484 e. The third-order valence-corrected chi connectivity index (χ3v) is 4.90. The van der Waals surface area contributed by atoms with E-state index < -0.39 is 6.04 Å². The summed E-state index contributed by atoms with van der Waals surface area (Å²) in [6.45, 7) is 4.65. The van der Waals surface area contributed by atoms with Gasteiger partial charge in [0.15, 0.2) is 6.61 Å². The molecular formula is C22H27BrN2O3. The number of rotatable bonds is 10. The summed E-state index contributed by atoms with van der Waals surface area (Å²) in [5.41, 5.74) is 0.949. The van der Waals surface area contributed by atoms with E-state index >= 15 is 0 Å². The second-order valence-electron chi connectivity index (χ2n) is 6.57. The van der Waals surface area contributed by atoms with Gasteiger partial charge in [-0.05, 0) is 43.2 Å². The van der Waals surface area contributed by atoms with Crippen LogP contribution < -0.4 is 10.1 Å². The van der Waals surface area contributed by atoms with Crippen LogP contribution in [0.5, 0.6) is 5.75 Å². The Morgan fingerprint density at radius 1 is 1.11 bits per heavy atom. The molecule has 0 saturated carbocycles. The van der Waals surface area contributed by atoms with Crippen molar-refractivity contribution < 1.29 is 14.3 Å². The highest BCUT2D eigenvalue weighted by Crippen LogP contribution is 2.15. The van der Waals surface area contributed by atoms with Gasteiger partial charge >= 0.3 is 0 Å². The molecule has 0 bridgehead atoms. The maximum atomic E-state index is 12.9. The Balaban J connectivity index is 2.08. The third kappa shape index (κ3) is 7.00. The van der Waals surface area contributed by atoms with Crippen molar-refractivity contribution in [2.75, 3.05) is 13.2 Å². The molecule has 0 aliphatic heterocycles. The van der Waals surface area contributed by atoms with Crippen molar-refractivity contribution in [3.8, 4) is 5.75 Å². The van der Waals surface area contributed by atoms with E-state index in [-0.39, 0.29) is 18.4 Å². The molecule has 0 unspecified atom stereocenters. The molecule has 6 heteroatoms. The number of unbranched alkanes of at least 4 members (excludes halogenated alkanes) is 1. The van der Waals surface area contributed by atoms with Crippen LogP contribution in [0.1, 0.15) is 32.3 Å². The maximum Gasteiger partial charge on any atom is 0.261 e. The normalized spacial score (nSPS) is 11.5. The van der Waals surface area contributed by atoms with Crippen molar-refractivity contribution in [3.63, 3.8) is 0 Å². The molecule has 2 aromatic carbocycles. The molecule has 0 spiro atoms. The third-order valence-electron chi connectivity index (χ3n) is 4.37. The number of ether oxygens (including phenoxy) is 1. The highest BCUT2D eigenvalue weighted by Gasteiger charge is 2.26. The molecule has 0 radical (unpaired) electrons. The molecule has 2 rings (SSSR count). The minimum atomic E-state index is -0.590. The average Bonchev–Trinajstić information content (AvgIpc) is 2.72. The number of carbonyl (C=O) groups is 2. The van der Waals surface area contributed by atoms with E-state index in [0.29, 0.717) is 18.8 Å². The van der Waals surface area contributed by atoms with Crippen LogP contribution in [0.2, 0.25) is 0 Å². The van der Waals surface area contributed by atoms with Crippen LogP contribution in [0.4, 0.5) is 0 Å². The van der Waals surface area contributed by atoms with Crippen molar-refractivity contribution in [1.82, 2.24) is 10.2 Å². The number of halogens is 1. The second-order valence-corrected chi connectivity index (χ2v) is 7.49. The number of nitrogens with one attached hydrogen (secondary N) is 1. The molecule has 0 aliphatic rings. The molecule has 0 aromatic heterocycles. The van der Waals surface area contributed by atoms with Gasteiger partial charge in [0.25, 0.3) is 5.91 Å². The summed E-state index contributed by atoms with van der Waals surface area (Å²) in [7, 11) is 0. The molecule has 2 aromatic rings. The van der Waals surface area contributed by atoms with Crippen LogP contribution in [-0.4, -0.2) is 35.9 Å². The van der Waals surface area contributed by atoms with Gasteiger partial charge in [0, 0.05) is 17.6 Å². The summed E-state index contributed by atoms with van der Waals surface area (Å²) in [5, 5.41) is 2.91. The molecule has 1 N–H and O–H groups in total. The summed E-state index contributed by atoms with van der Waals surface area (Å²) in [6, 6.07) is 16.3. The summed E-state index contributed by atoms with van der Waals surface area (Å²) >= 11 is 3.41. The van der Waals surface area contributed by atoms with Gasteiger partial charge < -0.3 is 15.0 Å². The van der Waals surface area contributed by atoms with Crippen molar-refractivity contribution in [2.24, 2.45) is 0 Å². The highest BCUT2D eigenvalue weighted by atomic mass is 79.9. The zero-order valence-electron chi connectivity index (χ0n) is 16.4. The molecule has 28 heavy (non-hydrogen) atoms. The van der Waals surface area contributed by atoms with Crippen LogP contribution in [0, 0.1) is 0 Å². The van der Waals surface area contributed by atoms with Crippen molar-refractivity contribution in [3.05, 3.63) is 64.6 Å². The smallest absolute Gasteiger partial charge is 0.261 e. The fraction of sp³-hybridized carbons (Fsp3) is 0.364. The van der Waals surface area contributed by atoms with Gasteiger partial charge in [-0.3, -0.25) is 9.59 Å². The van der Waals surface area contributed by atoms with Crippen molar-refractivity contribution >= 4 is 27.7 Å². The molecule has 5 nitrogen and oxygen atoms in total. The summed E-state index contributed by atoms with van der Waals surface area (Å²) in [6.07, 6.45) is 1.91. The highest BCUT2D eigenvalue weighted by molar-refractivity contribution is 9.10. The summed E-state index contributed by atoms with van der Waals surface area (Å²) in [5.74, 6) is 0.239. The van der Waals surface area contributed by atoms with E-state index in [4.69, 9.17) is 4.74 Å². The maximum absolute atomic E-state index is 12.9. The number of benzene rings is 2. The predicted octanol–water partition coefficient (Wildman–Crippen LogP) is 4.16. The Hall–Kier alpha value is -2.34. The van der Waals surface area contributed by atoms with Crippen LogP contribution in [0.3, 0.4) is 0 Å². The molecule has 0 fully saturated rings. The van der Waals surface area contributed by atoms with Crippen LogP contribution in [0.25, 0.3) is 0 Å². The lowest BCUT2D eigenvalue weighted by Crippen LogP contribution is -2.49. The molecule has 0 aliphatic carbocycles. The van der Waals surface area contributed by atoms with Gasteiger partial charge in [-0.15, -0.1) is 0 Å². The summed E-state index contributed by atoms with van der Waals surface area (Å²) in [4.78, 5) is 27.0. The van der Waals surface area contributed by atoms with E-state index in [1.54, 1.807) is 24.0 Å². The first kappa shape index (κ1) is 22.0. The molecular weight excluding hydrogens is 420 g/mol. The quantitative estimate of drug-likeness (QED) is 0.557. The lowest BCUT2D eigenvalue weighted by atomic mass is 10.1. The van der Waals surface area contributed by atoms with Crippen molar-refractivity contribution in [2.45, 2.75) is 39.3 Å². The van der Waals surface area contributed by atoms with Gasteiger partial charge in [-0.2, -0.15) is 0 Å². The largest absolute Gasteiger partial charge is 0.484 e. The van der Waals surface area contributed by atoms with Gasteiger partial charge in [0.2, 0.25) is 5.91 Å². The predicted molar refractivity (Wildman–Crippen MR) is 114 cm³/mol. The van der Waals surface area contributed by atoms with Gasteiger partial charge in [-0.25, -0.2) is 0 Å². The monoisotopic (exact) mass is 446 g/mol. The Morgan fingerprint density at radius 2 is 1.79 bits per heavy atom. The molecule has 0 saturated heterocycles. The van der Waals surface area contributed by atoms with Crippen molar-refractivity contribution in [1.29, 1.82) is 0 Å². The minimum absolute atomic E-state index is 0.118. The zero-order valence-corrected chi connectivity index (χ0v) is 17.9. The standard InChI is InChI=1S/C22H27BrN2O3/c1-3-4-14-24-22(27)17(2)25(15-18-10-12-19(23)13-11-18)21(26)16-28-20-8-6-5-7-9-20/h5-13,17H,3-4,14-16H2,1-2H3,(H,24,27)/t17-/m0/s1. The molecule has 150 valence electrons. The number of carbonyl (C=O) groups excluding carboxylic acids is 2. The van der Waals surface area contributed by atoms with E-state index in [0.717, 1.165) is 22.9 Å².